The summed E-state index contributed by atoms with van der Waals surface area (Å²) >= 11 is 0. The lowest BCUT2D eigenvalue weighted by Crippen LogP contribution is -2.30. The molecular weight excluding hydrogens is 304 g/mol. The molecule has 0 aliphatic carbocycles. The summed E-state index contributed by atoms with van der Waals surface area (Å²) in [6, 6.07) is 0. The molecule has 0 aromatic rings. The van der Waals surface area contributed by atoms with Gasteiger partial charge in [-0.15, -0.1) is 0 Å². The Bertz CT molecular complexity index is 514. The van der Waals surface area contributed by atoms with E-state index >= 15 is 0 Å². The molecule has 132 valence electrons. The van der Waals surface area contributed by atoms with Crippen molar-refractivity contribution in [3.05, 3.63) is 48.6 Å². The van der Waals surface area contributed by atoms with Crippen molar-refractivity contribution < 1.29 is 19.1 Å². The van der Waals surface area contributed by atoms with Crippen molar-refractivity contribution in [1.82, 2.24) is 0 Å². The van der Waals surface area contributed by atoms with E-state index in [0.717, 1.165) is 25.7 Å². The largest absolute Gasteiger partial charge is 0.452 e. The van der Waals surface area contributed by atoms with Gasteiger partial charge in [-0.2, -0.15) is 0 Å². The number of allylic oxidation sites excluding steroid dienone is 7. The van der Waals surface area contributed by atoms with E-state index in [9.17, 15) is 9.59 Å². The van der Waals surface area contributed by atoms with Crippen LogP contribution in [0.3, 0.4) is 0 Å². The fourth-order valence-electron chi connectivity index (χ4n) is 2.19. The number of rotatable bonds is 11. The number of ether oxygens (including phenoxy) is 2. The van der Waals surface area contributed by atoms with Crippen LogP contribution in [0.4, 0.5) is 0 Å². The highest BCUT2D eigenvalue weighted by molar-refractivity contribution is 5.84. The topological polar surface area (TPSA) is 55.9 Å². The van der Waals surface area contributed by atoms with Crippen LogP contribution in [-0.2, 0) is 19.1 Å². The zero-order chi connectivity index (χ0) is 17.8. The summed E-state index contributed by atoms with van der Waals surface area (Å²) in [7, 11) is 0. The first-order valence-corrected chi connectivity index (χ1v) is 8.51. The van der Waals surface area contributed by atoms with Gasteiger partial charge in [-0.25, -0.2) is 0 Å². The summed E-state index contributed by atoms with van der Waals surface area (Å²) in [5, 5.41) is 0. The van der Waals surface area contributed by atoms with Crippen LogP contribution in [0.15, 0.2) is 48.6 Å². The molecule has 1 unspecified atom stereocenters. The second-order valence-corrected chi connectivity index (χ2v) is 5.66. The van der Waals surface area contributed by atoms with Crippen LogP contribution in [-0.4, -0.2) is 30.1 Å². The van der Waals surface area contributed by atoms with Crippen molar-refractivity contribution in [2.75, 3.05) is 0 Å². The summed E-state index contributed by atoms with van der Waals surface area (Å²) in [4.78, 5) is 22.5. The van der Waals surface area contributed by atoms with Gasteiger partial charge in [0.2, 0.25) is 0 Å². The molecule has 0 bridgehead atoms. The third-order valence-electron chi connectivity index (χ3n) is 3.43. The zero-order valence-electron chi connectivity index (χ0n) is 14.8. The average Bonchev–Trinajstić information content (AvgIpc) is 3.29. The SMILES string of the molecule is CC/C=C\C/C=C\C/C=C\C/C=C\[C@H]1O[C@@H]1C(OC(C)=O)C(C)=O. The third-order valence-corrected chi connectivity index (χ3v) is 3.43. The summed E-state index contributed by atoms with van der Waals surface area (Å²) in [5.41, 5.74) is 0. The maximum atomic E-state index is 11.5. The number of esters is 1. The van der Waals surface area contributed by atoms with Crippen molar-refractivity contribution in [2.24, 2.45) is 0 Å². The molecule has 0 saturated carbocycles. The highest BCUT2D eigenvalue weighted by Gasteiger charge is 2.47. The third kappa shape index (κ3) is 8.63. The normalized spacial score (nSPS) is 22.0. The van der Waals surface area contributed by atoms with E-state index in [-0.39, 0.29) is 18.0 Å². The van der Waals surface area contributed by atoms with Gasteiger partial charge in [-0.05, 0) is 32.6 Å². The number of ketones is 1. The van der Waals surface area contributed by atoms with Gasteiger partial charge in [0.25, 0.3) is 0 Å². The monoisotopic (exact) mass is 332 g/mol. The van der Waals surface area contributed by atoms with E-state index in [1.807, 2.05) is 12.2 Å². The molecule has 0 aromatic heterocycles. The number of epoxide rings is 1. The van der Waals surface area contributed by atoms with Crippen molar-refractivity contribution in [3.63, 3.8) is 0 Å². The van der Waals surface area contributed by atoms with E-state index in [2.05, 4.69) is 43.4 Å². The van der Waals surface area contributed by atoms with Crippen molar-refractivity contribution in [3.8, 4) is 0 Å². The maximum absolute atomic E-state index is 11.5. The van der Waals surface area contributed by atoms with Gasteiger partial charge in [0.1, 0.15) is 12.2 Å². The molecule has 1 aliphatic heterocycles. The van der Waals surface area contributed by atoms with Gasteiger partial charge in [0.15, 0.2) is 11.9 Å². The Balaban J connectivity index is 2.20. The van der Waals surface area contributed by atoms with E-state index in [0.29, 0.717) is 0 Å². The van der Waals surface area contributed by atoms with Crippen LogP contribution in [0, 0.1) is 0 Å². The fourth-order valence-corrected chi connectivity index (χ4v) is 2.19. The molecule has 1 aliphatic rings. The number of hydrogen-bond donors (Lipinski definition) is 0. The van der Waals surface area contributed by atoms with Crippen LogP contribution in [0.1, 0.15) is 46.5 Å². The molecule has 0 N–H and O–H groups in total. The molecule has 1 fully saturated rings. The quantitative estimate of drug-likeness (QED) is 0.325. The van der Waals surface area contributed by atoms with E-state index < -0.39 is 12.1 Å². The Morgan fingerprint density at radius 2 is 1.50 bits per heavy atom. The number of carbonyl (C=O) groups is 2. The van der Waals surface area contributed by atoms with Gasteiger partial charge in [0, 0.05) is 6.92 Å². The molecule has 0 spiro atoms. The molecule has 1 saturated heterocycles. The highest BCUT2D eigenvalue weighted by Crippen LogP contribution is 2.29. The molecule has 0 aromatic carbocycles. The van der Waals surface area contributed by atoms with Crippen LogP contribution < -0.4 is 0 Å². The second kappa shape index (κ2) is 11.6. The Labute approximate surface area is 144 Å². The summed E-state index contributed by atoms with van der Waals surface area (Å²) in [6.45, 7) is 4.83. The van der Waals surface area contributed by atoms with Crippen molar-refractivity contribution in [1.29, 1.82) is 0 Å². The number of hydrogen-bond acceptors (Lipinski definition) is 4. The van der Waals surface area contributed by atoms with Crippen molar-refractivity contribution >= 4 is 11.8 Å². The molecule has 1 heterocycles. The molecule has 24 heavy (non-hydrogen) atoms. The van der Waals surface area contributed by atoms with E-state index in [1.54, 1.807) is 0 Å². The Hall–Kier alpha value is -1.94. The summed E-state index contributed by atoms with van der Waals surface area (Å²) < 4.78 is 10.4. The first-order valence-electron chi connectivity index (χ1n) is 8.51. The number of Topliss-reactive ketones (excluding diaryl/α,β-unsaturated/α-hetero) is 1. The fraction of sp³-hybridized carbons (Fsp3) is 0.500. The summed E-state index contributed by atoms with van der Waals surface area (Å²) in [5.74, 6) is -0.652. The molecule has 0 radical (unpaired) electrons. The lowest BCUT2D eigenvalue weighted by atomic mass is 10.1. The number of carbonyl (C=O) groups excluding carboxylic acids is 2. The highest BCUT2D eigenvalue weighted by atomic mass is 16.6. The standard InChI is InChI=1S/C20H28O4/c1-4-5-6-7-8-9-10-11-12-13-14-15-18-20(24-18)19(16(2)21)23-17(3)22/h5-6,8-9,11-12,14-15,18-20H,4,7,10,13H2,1-3H3/b6-5-,9-8-,12-11-,15-14-/t18-,19?,20+/m1/s1. The predicted molar refractivity (Wildman–Crippen MR) is 95.6 cm³/mol. The van der Waals surface area contributed by atoms with Gasteiger partial charge < -0.3 is 9.47 Å². The van der Waals surface area contributed by atoms with Crippen molar-refractivity contribution in [2.45, 2.75) is 64.8 Å². The van der Waals surface area contributed by atoms with E-state index in [4.69, 9.17) is 9.47 Å². The molecule has 1 rings (SSSR count). The van der Waals surface area contributed by atoms with Crippen LogP contribution in [0.25, 0.3) is 0 Å². The average molecular weight is 332 g/mol. The lowest BCUT2D eigenvalue weighted by molar-refractivity contribution is -0.153. The molecule has 0 amide bonds. The maximum Gasteiger partial charge on any atom is 0.303 e. The minimum absolute atomic E-state index is 0.142. The zero-order valence-corrected chi connectivity index (χ0v) is 14.8. The minimum Gasteiger partial charge on any atom is -0.452 e. The van der Waals surface area contributed by atoms with Crippen LogP contribution in [0.2, 0.25) is 0 Å². The Morgan fingerprint density at radius 3 is 2.00 bits per heavy atom. The van der Waals surface area contributed by atoms with Crippen LogP contribution in [0.5, 0.6) is 0 Å². The van der Waals surface area contributed by atoms with Gasteiger partial charge >= 0.3 is 5.97 Å². The second-order valence-electron chi connectivity index (χ2n) is 5.66. The minimum atomic E-state index is -0.792. The Morgan fingerprint density at radius 1 is 0.958 bits per heavy atom. The lowest BCUT2D eigenvalue weighted by Gasteiger charge is -2.10. The predicted octanol–water partition coefficient (Wildman–Crippen LogP) is 4.08. The first-order chi connectivity index (χ1) is 11.6. The molecule has 4 nitrogen and oxygen atoms in total. The molecule has 3 atom stereocenters. The Kier molecular flexibility index (Phi) is 9.70. The van der Waals surface area contributed by atoms with Gasteiger partial charge in [0.05, 0.1) is 0 Å². The van der Waals surface area contributed by atoms with E-state index in [1.165, 1.54) is 13.8 Å². The van der Waals surface area contributed by atoms with Gasteiger partial charge in [-0.3, -0.25) is 9.59 Å². The molecular formula is C20H28O4. The summed E-state index contributed by atoms with van der Waals surface area (Å²) in [6.07, 6.45) is 19.3. The smallest absolute Gasteiger partial charge is 0.303 e. The van der Waals surface area contributed by atoms with Gasteiger partial charge in [-0.1, -0.05) is 55.5 Å². The van der Waals surface area contributed by atoms with Crippen LogP contribution >= 0.6 is 0 Å². The molecule has 4 heteroatoms. The first kappa shape index (κ1) is 20.1.